The molecule has 1 aliphatic heterocycles. The van der Waals surface area contributed by atoms with Gasteiger partial charge in [0.15, 0.2) is 11.6 Å². The Hall–Kier alpha value is -3.10. The number of nitrogens with zero attached hydrogens (tertiary/aromatic N) is 4. The predicted molar refractivity (Wildman–Crippen MR) is 114 cm³/mol. The molecule has 154 valence electrons. The van der Waals surface area contributed by atoms with Crippen molar-refractivity contribution < 1.29 is 9.18 Å². The van der Waals surface area contributed by atoms with Gasteiger partial charge in [-0.1, -0.05) is 11.6 Å². The van der Waals surface area contributed by atoms with Crippen molar-refractivity contribution in [1.29, 1.82) is 0 Å². The van der Waals surface area contributed by atoms with Crippen LogP contribution in [0.15, 0.2) is 42.9 Å². The Morgan fingerprint density at radius 3 is 2.50 bits per heavy atom. The lowest BCUT2D eigenvalue weighted by atomic mass is 10.1. The molecule has 0 atom stereocenters. The third kappa shape index (κ3) is 4.55. The van der Waals surface area contributed by atoms with Crippen LogP contribution in [0.5, 0.6) is 0 Å². The lowest BCUT2D eigenvalue weighted by Gasteiger charge is -2.30. The standard InChI is InChI=1S/C21H20ClFN6O/c1-13-25-11-16(12-26-13)21(30)28-20-19(23)8-15(10-27-20)14-6-17(22)9-18(7-14)29-4-2-24-3-5-29/h6-12,24H,2-5H2,1H3,(H,27,28,30). The third-order valence-electron chi connectivity index (χ3n) is 4.81. The molecule has 1 amide bonds. The molecule has 1 saturated heterocycles. The number of benzene rings is 1. The van der Waals surface area contributed by atoms with Crippen molar-refractivity contribution in [2.24, 2.45) is 0 Å². The molecule has 0 saturated carbocycles. The van der Waals surface area contributed by atoms with Crippen LogP contribution in [0.4, 0.5) is 15.9 Å². The van der Waals surface area contributed by atoms with Crippen LogP contribution in [0, 0.1) is 12.7 Å². The van der Waals surface area contributed by atoms with Crippen molar-refractivity contribution in [2.75, 3.05) is 36.4 Å². The maximum atomic E-state index is 14.7. The highest BCUT2D eigenvalue weighted by molar-refractivity contribution is 6.31. The number of carbonyl (C=O) groups excluding carboxylic acids is 1. The molecule has 4 rings (SSSR count). The van der Waals surface area contributed by atoms with Crippen molar-refractivity contribution in [3.63, 3.8) is 0 Å². The van der Waals surface area contributed by atoms with Crippen LogP contribution in [0.3, 0.4) is 0 Å². The van der Waals surface area contributed by atoms with Gasteiger partial charge in [-0.15, -0.1) is 0 Å². The Labute approximate surface area is 178 Å². The van der Waals surface area contributed by atoms with Gasteiger partial charge in [-0.3, -0.25) is 4.79 Å². The number of hydrogen-bond donors (Lipinski definition) is 2. The van der Waals surface area contributed by atoms with E-state index in [-0.39, 0.29) is 11.4 Å². The monoisotopic (exact) mass is 426 g/mol. The number of aromatic nitrogens is 3. The molecule has 30 heavy (non-hydrogen) atoms. The van der Waals surface area contributed by atoms with Gasteiger partial charge in [-0.25, -0.2) is 19.3 Å². The minimum atomic E-state index is -0.641. The summed E-state index contributed by atoms with van der Waals surface area (Å²) >= 11 is 6.31. The molecule has 2 aromatic heterocycles. The van der Waals surface area contributed by atoms with E-state index in [1.807, 2.05) is 12.1 Å². The molecule has 0 radical (unpaired) electrons. The second-order valence-corrected chi connectivity index (χ2v) is 7.40. The van der Waals surface area contributed by atoms with Crippen LogP contribution < -0.4 is 15.5 Å². The lowest BCUT2D eigenvalue weighted by Crippen LogP contribution is -2.43. The molecule has 9 heteroatoms. The van der Waals surface area contributed by atoms with Crippen LogP contribution in [0.2, 0.25) is 5.02 Å². The second-order valence-electron chi connectivity index (χ2n) is 6.96. The maximum absolute atomic E-state index is 14.7. The Morgan fingerprint density at radius 2 is 1.80 bits per heavy atom. The van der Waals surface area contributed by atoms with Gasteiger partial charge in [-0.05, 0) is 36.8 Å². The molecule has 1 fully saturated rings. The number of aryl methyl sites for hydroxylation is 1. The van der Waals surface area contributed by atoms with E-state index >= 15 is 0 Å². The molecule has 0 unspecified atom stereocenters. The van der Waals surface area contributed by atoms with Gasteiger partial charge in [0.25, 0.3) is 5.91 Å². The zero-order valence-corrected chi connectivity index (χ0v) is 17.1. The SMILES string of the molecule is Cc1ncc(C(=O)Nc2ncc(-c3cc(Cl)cc(N4CCNCC4)c3)cc2F)cn1. The van der Waals surface area contributed by atoms with Crippen molar-refractivity contribution >= 4 is 29.0 Å². The summed E-state index contributed by atoms with van der Waals surface area (Å²) in [5, 5.41) is 6.33. The molecule has 0 spiro atoms. The number of pyridine rings is 1. The molecule has 0 aliphatic carbocycles. The van der Waals surface area contributed by atoms with Crippen molar-refractivity contribution in [3.05, 3.63) is 65.1 Å². The van der Waals surface area contributed by atoms with Gasteiger partial charge < -0.3 is 15.5 Å². The quantitative estimate of drug-likeness (QED) is 0.666. The van der Waals surface area contributed by atoms with Crippen molar-refractivity contribution in [2.45, 2.75) is 6.92 Å². The molecular formula is C21H20ClFN6O. The molecule has 1 aliphatic rings. The number of piperazine rings is 1. The molecule has 0 bridgehead atoms. The normalized spacial score (nSPS) is 13.9. The summed E-state index contributed by atoms with van der Waals surface area (Å²) in [6.45, 7) is 5.27. The smallest absolute Gasteiger partial charge is 0.260 e. The van der Waals surface area contributed by atoms with Crippen LogP contribution >= 0.6 is 11.6 Å². The summed E-state index contributed by atoms with van der Waals surface area (Å²) in [5.74, 6) is -0.786. The Balaban J connectivity index is 1.56. The number of hydrogen-bond acceptors (Lipinski definition) is 6. The van der Waals surface area contributed by atoms with E-state index in [1.54, 1.807) is 13.0 Å². The predicted octanol–water partition coefficient (Wildman–Crippen LogP) is 3.30. The van der Waals surface area contributed by atoms with Crippen LogP contribution in [-0.4, -0.2) is 47.0 Å². The Morgan fingerprint density at radius 1 is 1.07 bits per heavy atom. The summed E-state index contributed by atoms with van der Waals surface area (Å²) < 4.78 is 14.7. The summed E-state index contributed by atoms with van der Waals surface area (Å²) in [6, 6.07) is 6.97. The highest BCUT2D eigenvalue weighted by Crippen LogP contribution is 2.30. The minimum Gasteiger partial charge on any atom is -0.369 e. The van der Waals surface area contributed by atoms with E-state index in [1.165, 1.54) is 24.7 Å². The molecule has 3 aromatic rings. The van der Waals surface area contributed by atoms with E-state index in [0.29, 0.717) is 16.4 Å². The Bertz CT molecular complexity index is 1070. The maximum Gasteiger partial charge on any atom is 0.260 e. The van der Waals surface area contributed by atoms with Crippen LogP contribution in [0.1, 0.15) is 16.2 Å². The summed E-state index contributed by atoms with van der Waals surface area (Å²) in [5.41, 5.74) is 2.54. The summed E-state index contributed by atoms with van der Waals surface area (Å²) in [6.07, 6.45) is 4.28. The fraction of sp³-hybridized carbons (Fsp3) is 0.238. The number of nitrogens with one attached hydrogen (secondary N) is 2. The zero-order chi connectivity index (χ0) is 21.1. The lowest BCUT2D eigenvalue weighted by molar-refractivity contribution is 0.102. The van der Waals surface area contributed by atoms with Gasteiger partial charge in [0.2, 0.25) is 0 Å². The number of halogens is 2. The van der Waals surface area contributed by atoms with E-state index in [9.17, 15) is 9.18 Å². The fourth-order valence-electron chi connectivity index (χ4n) is 3.22. The fourth-order valence-corrected chi connectivity index (χ4v) is 3.45. The van der Waals surface area contributed by atoms with Gasteiger partial charge >= 0.3 is 0 Å². The molecule has 1 aromatic carbocycles. The number of rotatable bonds is 4. The zero-order valence-electron chi connectivity index (χ0n) is 16.3. The highest BCUT2D eigenvalue weighted by Gasteiger charge is 2.15. The Kier molecular flexibility index (Phi) is 5.87. The molecule has 7 nitrogen and oxygen atoms in total. The van der Waals surface area contributed by atoms with E-state index < -0.39 is 11.7 Å². The van der Waals surface area contributed by atoms with E-state index in [2.05, 4.69) is 30.5 Å². The summed E-state index contributed by atoms with van der Waals surface area (Å²) in [7, 11) is 0. The van der Waals surface area contributed by atoms with Crippen LogP contribution in [-0.2, 0) is 0 Å². The number of amides is 1. The first-order valence-electron chi connectivity index (χ1n) is 9.52. The molecule has 2 N–H and O–H groups in total. The first-order chi connectivity index (χ1) is 14.5. The largest absolute Gasteiger partial charge is 0.369 e. The topological polar surface area (TPSA) is 83.0 Å². The van der Waals surface area contributed by atoms with Crippen LogP contribution in [0.25, 0.3) is 11.1 Å². The van der Waals surface area contributed by atoms with E-state index in [0.717, 1.165) is 37.4 Å². The number of carbonyl (C=O) groups is 1. The molecule has 3 heterocycles. The second kappa shape index (κ2) is 8.73. The first-order valence-corrected chi connectivity index (χ1v) is 9.89. The third-order valence-corrected chi connectivity index (χ3v) is 5.03. The minimum absolute atomic E-state index is 0.159. The van der Waals surface area contributed by atoms with Gasteiger partial charge in [0, 0.05) is 61.0 Å². The van der Waals surface area contributed by atoms with Gasteiger partial charge in [0.1, 0.15) is 5.82 Å². The van der Waals surface area contributed by atoms with Gasteiger partial charge in [-0.2, -0.15) is 0 Å². The van der Waals surface area contributed by atoms with Crippen molar-refractivity contribution in [1.82, 2.24) is 20.3 Å². The van der Waals surface area contributed by atoms with Crippen molar-refractivity contribution in [3.8, 4) is 11.1 Å². The van der Waals surface area contributed by atoms with E-state index in [4.69, 9.17) is 11.6 Å². The summed E-state index contributed by atoms with van der Waals surface area (Å²) in [4.78, 5) is 26.5. The average molecular weight is 427 g/mol. The molecular weight excluding hydrogens is 407 g/mol. The first kappa shape index (κ1) is 20.2. The average Bonchev–Trinajstić information content (AvgIpc) is 2.75. The highest BCUT2D eigenvalue weighted by atomic mass is 35.5. The number of anilines is 2. The van der Waals surface area contributed by atoms with Gasteiger partial charge in [0.05, 0.1) is 5.56 Å².